The summed E-state index contributed by atoms with van der Waals surface area (Å²) >= 11 is 7.62. The van der Waals surface area contributed by atoms with Crippen LogP contribution in [-0.2, 0) is 30.2 Å². The Kier molecular flexibility index (Phi) is 18.6. The number of primary amides is 1. The largest absolute Gasteiger partial charge is 0.491 e. The number of carbonyl (C=O) groups excluding carboxylic acids is 2. The molecule has 2 aliphatic rings. The van der Waals surface area contributed by atoms with E-state index < -0.39 is 5.91 Å². The number of nitrogens with one attached hydrogen (secondary N) is 1. The van der Waals surface area contributed by atoms with Gasteiger partial charge in [0.2, 0.25) is 5.91 Å². The summed E-state index contributed by atoms with van der Waals surface area (Å²) in [5.74, 6) is 1.81. The maximum absolute atomic E-state index is 12.3. The summed E-state index contributed by atoms with van der Waals surface area (Å²) in [5.41, 5.74) is 8.33. The van der Waals surface area contributed by atoms with Crippen molar-refractivity contribution in [2.75, 3.05) is 71.0 Å². The van der Waals surface area contributed by atoms with Gasteiger partial charge in [0.05, 0.1) is 31.1 Å². The van der Waals surface area contributed by atoms with Crippen LogP contribution in [0.1, 0.15) is 67.8 Å². The van der Waals surface area contributed by atoms with Crippen LogP contribution in [0.3, 0.4) is 0 Å². The molecule has 4 atom stereocenters. The highest BCUT2D eigenvalue weighted by Gasteiger charge is 2.27. The molecular weight excluding hydrogens is 702 g/mol. The normalized spacial score (nSPS) is 18.3. The minimum Gasteiger partial charge on any atom is -0.491 e. The van der Waals surface area contributed by atoms with E-state index in [-0.39, 0.29) is 30.6 Å². The molecule has 0 aliphatic carbocycles. The van der Waals surface area contributed by atoms with Crippen molar-refractivity contribution in [1.29, 1.82) is 0 Å². The number of nitrogens with zero attached hydrogens (tertiary/aromatic N) is 1. The van der Waals surface area contributed by atoms with E-state index in [9.17, 15) is 9.59 Å². The van der Waals surface area contributed by atoms with Crippen LogP contribution in [0.5, 0.6) is 5.75 Å². The van der Waals surface area contributed by atoms with Crippen molar-refractivity contribution in [1.82, 2.24) is 4.72 Å². The molecule has 2 heterocycles. The highest BCUT2D eigenvalue weighted by Crippen LogP contribution is 2.35. The molecule has 1 saturated heterocycles. The molecule has 2 aromatic carbocycles. The van der Waals surface area contributed by atoms with Crippen molar-refractivity contribution in [3.05, 3.63) is 70.8 Å². The number of allylic oxidation sites excluding steroid dienone is 1. The Bertz CT molecular complexity index is 1410. The lowest BCUT2D eigenvalue weighted by atomic mass is 9.95. The van der Waals surface area contributed by atoms with Gasteiger partial charge in [-0.05, 0) is 105 Å². The molecule has 2 unspecified atom stereocenters. The van der Waals surface area contributed by atoms with Crippen molar-refractivity contribution < 1.29 is 33.3 Å². The molecule has 2 aromatic rings. The summed E-state index contributed by atoms with van der Waals surface area (Å²) in [5, 5.41) is 0.763. The van der Waals surface area contributed by atoms with Gasteiger partial charge in [-0.2, -0.15) is 0 Å². The monoisotopic (exact) mass is 759 g/mol. The van der Waals surface area contributed by atoms with Crippen LogP contribution in [-0.4, -0.2) is 90.1 Å². The van der Waals surface area contributed by atoms with Crippen LogP contribution in [0, 0.1) is 17.8 Å². The molecule has 2 amide bonds. The molecule has 0 spiro atoms. The Balaban J connectivity index is 1.31. The van der Waals surface area contributed by atoms with Gasteiger partial charge in [0.25, 0.3) is 5.91 Å². The number of carbonyl (C=O) groups is 2. The predicted molar refractivity (Wildman–Crippen MR) is 209 cm³/mol. The van der Waals surface area contributed by atoms with Crippen LogP contribution in [0.25, 0.3) is 0 Å². The SMILES string of the molecule is CC[C@H](C[C@H](/C=C/CC(COC)CSNC(=O)COC1CCOCC1)OC)CN1CC(CCCc2cccc(Cl)c2)COc2ccc(C(N)=O)cc21. The quantitative estimate of drug-likeness (QED) is 0.0978. The number of ether oxygens (including phenoxy) is 5. The zero-order chi connectivity index (χ0) is 37.1. The van der Waals surface area contributed by atoms with Gasteiger partial charge in [0, 0.05) is 62.8 Å². The number of fused-ring (bicyclic) bond motifs is 1. The second-order valence-corrected chi connectivity index (χ2v) is 15.1. The van der Waals surface area contributed by atoms with E-state index >= 15 is 0 Å². The Morgan fingerprint density at radius 1 is 1.15 bits per heavy atom. The summed E-state index contributed by atoms with van der Waals surface area (Å²) in [6.07, 6.45) is 11.6. The van der Waals surface area contributed by atoms with Crippen molar-refractivity contribution in [3.63, 3.8) is 0 Å². The van der Waals surface area contributed by atoms with Crippen LogP contribution in [0.2, 0.25) is 5.02 Å². The van der Waals surface area contributed by atoms with E-state index in [1.165, 1.54) is 17.5 Å². The summed E-state index contributed by atoms with van der Waals surface area (Å²) < 4.78 is 31.8. The third kappa shape index (κ3) is 14.6. The first-order valence-electron chi connectivity index (χ1n) is 18.6. The number of hydrogen-bond acceptors (Lipinski definition) is 9. The molecule has 12 heteroatoms. The first-order valence-corrected chi connectivity index (χ1v) is 20.0. The fourth-order valence-corrected chi connectivity index (χ4v) is 7.74. The number of nitrogens with two attached hydrogens (primary N) is 1. The smallest absolute Gasteiger partial charge is 0.255 e. The lowest BCUT2D eigenvalue weighted by Crippen LogP contribution is -2.35. The number of rotatable bonds is 22. The molecule has 0 bridgehead atoms. The van der Waals surface area contributed by atoms with Crippen molar-refractivity contribution >= 4 is 41.1 Å². The number of benzene rings is 2. The predicted octanol–water partition coefficient (Wildman–Crippen LogP) is 6.88. The molecule has 288 valence electrons. The van der Waals surface area contributed by atoms with E-state index in [1.54, 1.807) is 20.3 Å². The molecule has 0 saturated carbocycles. The highest BCUT2D eigenvalue weighted by molar-refractivity contribution is 7.97. The molecule has 10 nitrogen and oxygen atoms in total. The van der Waals surface area contributed by atoms with E-state index in [0.717, 1.165) is 86.7 Å². The van der Waals surface area contributed by atoms with Gasteiger partial charge in [-0.1, -0.05) is 49.2 Å². The van der Waals surface area contributed by atoms with Gasteiger partial charge in [-0.3, -0.25) is 14.3 Å². The van der Waals surface area contributed by atoms with E-state index in [2.05, 4.69) is 34.8 Å². The lowest BCUT2D eigenvalue weighted by Gasteiger charge is -2.31. The Morgan fingerprint density at radius 2 is 1.98 bits per heavy atom. The first kappa shape index (κ1) is 41.9. The van der Waals surface area contributed by atoms with Crippen LogP contribution < -0.4 is 20.1 Å². The highest BCUT2D eigenvalue weighted by atomic mass is 35.5. The van der Waals surface area contributed by atoms with E-state index in [4.69, 9.17) is 41.0 Å². The zero-order valence-corrected chi connectivity index (χ0v) is 32.6. The number of hydrogen-bond donors (Lipinski definition) is 2. The Morgan fingerprint density at radius 3 is 2.71 bits per heavy atom. The summed E-state index contributed by atoms with van der Waals surface area (Å²) in [4.78, 5) is 26.9. The molecule has 52 heavy (non-hydrogen) atoms. The molecule has 0 radical (unpaired) electrons. The Labute approximate surface area is 319 Å². The zero-order valence-electron chi connectivity index (χ0n) is 31.1. The third-order valence-electron chi connectivity index (χ3n) is 9.77. The molecule has 1 fully saturated rings. The van der Waals surface area contributed by atoms with Crippen LogP contribution in [0.4, 0.5) is 5.69 Å². The molecule has 2 aliphatic heterocycles. The second kappa shape index (κ2) is 23.1. The number of amides is 2. The summed E-state index contributed by atoms with van der Waals surface area (Å²) in [7, 11) is 3.46. The second-order valence-electron chi connectivity index (χ2n) is 13.9. The lowest BCUT2D eigenvalue weighted by molar-refractivity contribution is -0.127. The van der Waals surface area contributed by atoms with Gasteiger partial charge in [-0.25, -0.2) is 0 Å². The van der Waals surface area contributed by atoms with Crippen LogP contribution >= 0.6 is 23.5 Å². The van der Waals surface area contributed by atoms with E-state index in [1.807, 2.05) is 30.3 Å². The fraction of sp³-hybridized carbons (Fsp3) is 0.600. The van der Waals surface area contributed by atoms with Gasteiger partial charge in [0.1, 0.15) is 12.4 Å². The summed E-state index contributed by atoms with van der Waals surface area (Å²) in [6, 6.07) is 13.6. The summed E-state index contributed by atoms with van der Waals surface area (Å²) in [6.45, 7) is 6.48. The van der Waals surface area contributed by atoms with Crippen LogP contribution in [0.15, 0.2) is 54.6 Å². The van der Waals surface area contributed by atoms with Crippen molar-refractivity contribution in [2.45, 2.75) is 70.5 Å². The standard InChI is InChI=1S/C40H58ClN3O7S/c1-4-29(21-36(48-3)13-7-11-32(25-47-2)28-52-43-39(45)27-50-35-16-18-49-19-17-35)23-44-24-31(10-5-8-30-9-6-12-34(41)20-30)26-51-38-15-14-33(40(42)46)22-37(38)44/h6-7,9,12-15,20,22,29,31-32,35-36H,4-5,8,10-11,16-19,21,23-28H2,1-3H3,(H2,42,46)(H,43,45)/b13-7+/t29-,31?,32?,36+/m1/s1. The maximum atomic E-state index is 12.3. The van der Waals surface area contributed by atoms with Crippen molar-refractivity contribution in [3.8, 4) is 5.75 Å². The van der Waals surface area contributed by atoms with Gasteiger partial charge >= 0.3 is 0 Å². The average molecular weight is 760 g/mol. The Hall–Kier alpha value is -2.80. The third-order valence-corrected chi connectivity index (χ3v) is 11.0. The van der Waals surface area contributed by atoms with E-state index in [0.29, 0.717) is 43.8 Å². The molecule has 0 aromatic heterocycles. The number of methoxy groups -OCH3 is 2. The minimum atomic E-state index is -0.450. The van der Waals surface area contributed by atoms with Gasteiger partial charge < -0.3 is 34.3 Å². The minimum absolute atomic E-state index is 0.0593. The molecular formula is C40H58ClN3O7S. The average Bonchev–Trinajstić information content (AvgIpc) is 3.32. The number of aryl methyl sites for hydroxylation is 1. The first-order chi connectivity index (χ1) is 25.3. The van der Waals surface area contributed by atoms with Crippen molar-refractivity contribution in [2.24, 2.45) is 23.5 Å². The van der Waals surface area contributed by atoms with Gasteiger partial charge in [-0.15, -0.1) is 0 Å². The number of anilines is 1. The molecule has 4 rings (SSSR count). The fourth-order valence-electron chi connectivity index (χ4n) is 6.76. The number of halogens is 1. The maximum Gasteiger partial charge on any atom is 0.255 e. The molecule has 3 N–H and O–H groups in total. The van der Waals surface area contributed by atoms with Gasteiger partial charge in [0.15, 0.2) is 0 Å². The topological polar surface area (TPSA) is 122 Å².